The summed E-state index contributed by atoms with van der Waals surface area (Å²) in [5.41, 5.74) is 1.78. The van der Waals surface area contributed by atoms with Gasteiger partial charge in [0.05, 0.1) is 6.20 Å². The SMILES string of the molecule is CC(C)c1ccc(C(=O)Nc2ccc(O)cn2)cc1. The molecule has 0 atom stereocenters. The van der Waals surface area contributed by atoms with Crippen molar-refractivity contribution in [3.8, 4) is 5.75 Å². The molecule has 0 aliphatic carbocycles. The summed E-state index contributed by atoms with van der Waals surface area (Å²) in [6.07, 6.45) is 1.29. The molecule has 0 spiro atoms. The van der Waals surface area contributed by atoms with Crippen LogP contribution in [0.25, 0.3) is 0 Å². The van der Waals surface area contributed by atoms with Crippen molar-refractivity contribution in [3.05, 3.63) is 53.7 Å². The number of anilines is 1. The third-order valence-electron chi connectivity index (χ3n) is 2.83. The summed E-state index contributed by atoms with van der Waals surface area (Å²) >= 11 is 0. The highest BCUT2D eigenvalue weighted by Crippen LogP contribution is 2.16. The molecule has 98 valence electrons. The van der Waals surface area contributed by atoms with Crippen molar-refractivity contribution in [1.29, 1.82) is 0 Å². The molecule has 0 saturated heterocycles. The van der Waals surface area contributed by atoms with Crippen LogP contribution in [0.5, 0.6) is 5.75 Å². The fourth-order valence-corrected chi connectivity index (χ4v) is 1.67. The van der Waals surface area contributed by atoms with Crippen molar-refractivity contribution < 1.29 is 9.90 Å². The van der Waals surface area contributed by atoms with E-state index in [1.54, 1.807) is 18.2 Å². The monoisotopic (exact) mass is 256 g/mol. The zero-order valence-electron chi connectivity index (χ0n) is 10.9. The van der Waals surface area contributed by atoms with Crippen LogP contribution in [-0.4, -0.2) is 16.0 Å². The van der Waals surface area contributed by atoms with Gasteiger partial charge in [0.2, 0.25) is 0 Å². The molecular formula is C15H16N2O2. The van der Waals surface area contributed by atoms with Gasteiger partial charge >= 0.3 is 0 Å². The zero-order chi connectivity index (χ0) is 13.8. The summed E-state index contributed by atoms with van der Waals surface area (Å²) in [5.74, 6) is 0.708. The normalized spacial score (nSPS) is 10.5. The summed E-state index contributed by atoms with van der Waals surface area (Å²) < 4.78 is 0. The number of pyridine rings is 1. The van der Waals surface area contributed by atoms with Gasteiger partial charge in [-0.3, -0.25) is 4.79 Å². The molecule has 0 unspecified atom stereocenters. The van der Waals surface area contributed by atoms with Crippen LogP contribution in [-0.2, 0) is 0 Å². The maximum absolute atomic E-state index is 12.0. The molecule has 0 fully saturated rings. The summed E-state index contributed by atoms with van der Waals surface area (Å²) in [7, 11) is 0. The van der Waals surface area contributed by atoms with E-state index < -0.39 is 0 Å². The second-order valence-corrected chi connectivity index (χ2v) is 4.63. The maximum Gasteiger partial charge on any atom is 0.256 e. The lowest BCUT2D eigenvalue weighted by molar-refractivity contribution is 0.102. The number of benzene rings is 1. The molecule has 4 nitrogen and oxygen atoms in total. The van der Waals surface area contributed by atoms with Crippen molar-refractivity contribution in [1.82, 2.24) is 4.98 Å². The fourth-order valence-electron chi connectivity index (χ4n) is 1.67. The van der Waals surface area contributed by atoms with Crippen LogP contribution in [0.4, 0.5) is 5.82 Å². The molecule has 1 aromatic carbocycles. The molecule has 19 heavy (non-hydrogen) atoms. The Morgan fingerprint density at radius 1 is 1.16 bits per heavy atom. The molecule has 0 bridgehead atoms. The molecule has 4 heteroatoms. The Bertz CT molecular complexity index is 560. The van der Waals surface area contributed by atoms with E-state index in [-0.39, 0.29) is 11.7 Å². The predicted octanol–water partition coefficient (Wildman–Crippen LogP) is 3.16. The van der Waals surface area contributed by atoms with Crippen molar-refractivity contribution in [2.24, 2.45) is 0 Å². The first-order chi connectivity index (χ1) is 9.06. The Hall–Kier alpha value is -2.36. The van der Waals surface area contributed by atoms with Gasteiger partial charge in [0.15, 0.2) is 0 Å². The number of hydrogen-bond donors (Lipinski definition) is 2. The fraction of sp³-hybridized carbons (Fsp3) is 0.200. The molecule has 2 N–H and O–H groups in total. The first kappa shape index (κ1) is 13.1. The van der Waals surface area contributed by atoms with E-state index >= 15 is 0 Å². The number of amides is 1. The van der Waals surface area contributed by atoms with E-state index in [4.69, 9.17) is 5.11 Å². The van der Waals surface area contributed by atoms with Gasteiger partial charge in [0.1, 0.15) is 11.6 Å². The van der Waals surface area contributed by atoms with E-state index in [9.17, 15) is 4.79 Å². The number of carbonyl (C=O) groups is 1. The van der Waals surface area contributed by atoms with Crippen molar-refractivity contribution >= 4 is 11.7 Å². The number of carbonyl (C=O) groups excluding carboxylic acids is 1. The number of aromatic nitrogens is 1. The van der Waals surface area contributed by atoms with Gasteiger partial charge in [-0.05, 0) is 35.7 Å². The van der Waals surface area contributed by atoms with Gasteiger partial charge in [-0.25, -0.2) is 4.98 Å². The first-order valence-corrected chi connectivity index (χ1v) is 6.12. The predicted molar refractivity (Wildman–Crippen MR) is 74.4 cm³/mol. The summed E-state index contributed by atoms with van der Waals surface area (Å²) in [6, 6.07) is 10.5. The summed E-state index contributed by atoms with van der Waals surface area (Å²) in [6.45, 7) is 4.21. The van der Waals surface area contributed by atoms with E-state index in [1.165, 1.54) is 17.8 Å². The highest BCUT2D eigenvalue weighted by Gasteiger charge is 2.07. The lowest BCUT2D eigenvalue weighted by atomic mass is 10.0. The average Bonchev–Trinajstić information content (AvgIpc) is 2.41. The Balaban J connectivity index is 2.09. The Labute approximate surface area is 112 Å². The minimum atomic E-state index is -0.214. The van der Waals surface area contributed by atoms with Gasteiger partial charge < -0.3 is 10.4 Å². The molecule has 0 saturated carbocycles. The van der Waals surface area contributed by atoms with E-state index in [1.807, 2.05) is 12.1 Å². The Morgan fingerprint density at radius 2 is 1.84 bits per heavy atom. The van der Waals surface area contributed by atoms with Crippen molar-refractivity contribution in [2.75, 3.05) is 5.32 Å². The van der Waals surface area contributed by atoms with Crippen LogP contribution in [0.3, 0.4) is 0 Å². The smallest absolute Gasteiger partial charge is 0.256 e. The molecule has 2 rings (SSSR count). The van der Waals surface area contributed by atoms with Crippen LogP contribution < -0.4 is 5.32 Å². The summed E-state index contributed by atoms with van der Waals surface area (Å²) in [5, 5.41) is 11.8. The molecule has 1 amide bonds. The molecule has 0 aliphatic rings. The largest absolute Gasteiger partial charge is 0.506 e. The molecular weight excluding hydrogens is 240 g/mol. The lowest BCUT2D eigenvalue weighted by Gasteiger charge is -2.07. The lowest BCUT2D eigenvalue weighted by Crippen LogP contribution is -2.12. The molecule has 0 radical (unpaired) electrons. The maximum atomic E-state index is 12.0. The number of nitrogens with one attached hydrogen (secondary N) is 1. The standard InChI is InChI=1S/C15H16N2O2/c1-10(2)11-3-5-12(6-4-11)15(19)17-14-8-7-13(18)9-16-14/h3-10,18H,1-2H3,(H,16,17,19). The van der Waals surface area contributed by atoms with Crippen molar-refractivity contribution in [2.45, 2.75) is 19.8 Å². The first-order valence-electron chi connectivity index (χ1n) is 6.12. The highest BCUT2D eigenvalue weighted by molar-refractivity contribution is 6.03. The molecule has 1 aromatic heterocycles. The minimum absolute atomic E-state index is 0.0688. The van der Waals surface area contributed by atoms with Crippen molar-refractivity contribution in [3.63, 3.8) is 0 Å². The third kappa shape index (κ3) is 3.31. The second-order valence-electron chi connectivity index (χ2n) is 4.63. The Morgan fingerprint density at radius 3 is 2.37 bits per heavy atom. The van der Waals surface area contributed by atoms with Gasteiger partial charge in [-0.2, -0.15) is 0 Å². The van der Waals surface area contributed by atoms with E-state index in [0.717, 1.165) is 0 Å². The van der Waals surface area contributed by atoms with Crippen LogP contribution in [0.2, 0.25) is 0 Å². The molecule has 2 aromatic rings. The number of rotatable bonds is 3. The Kier molecular flexibility index (Phi) is 3.80. The van der Waals surface area contributed by atoms with Crippen LogP contribution >= 0.6 is 0 Å². The van der Waals surface area contributed by atoms with E-state index in [2.05, 4.69) is 24.1 Å². The van der Waals surface area contributed by atoms with Gasteiger partial charge in [0.25, 0.3) is 5.91 Å². The average molecular weight is 256 g/mol. The number of nitrogens with zero attached hydrogens (tertiary/aromatic N) is 1. The van der Waals surface area contributed by atoms with Crippen LogP contribution in [0.15, 0.2) is 42.6 Å². The number of aromatic hydroxyl groups is 1. The van der Waals surface area contributed by atoms with Gasteiger partial charge in [-0.1, -0.05) is 26.0 Å². The van der Waals surface area contributed by atoms with Gasteiger partial charge in [-0.15, -0.1) is 0 Å². The second kappa shape index (κ2) is 5.52. The number of hydrogen-bond acceptors (Lipinski definition) is 3. The molecule has 1 heterocycles. The van der Waals surface area contributed by atoms with Crippen LogP contribution in [0, 0.1) is 0 Å². The topological polar surface area (TPSA) is 62.2 Å². The summed E-state index contributed by atoms with van der Waals surface area (Å²) in [4.78, 5) is 15.9. The van der Waals surface area contributed by atoms with Crippen LogP contribution in [0.1, 0.15) is 35.7 Å². The van der Waals surface area contributed by atoms with Gasteiger partial charge in [0, 0.05) is 5.56 Å². The quantitative estimate of drug-likeness (QED) is 0.886. The zero-order valence-corrected chi connectivity index (χ0v) is 10.9. The third-order valence-corrected chi connectivity index (χ3v) is 2.83. The molecule has 0 aliphatic heterocycles. The van der Waals surface area contributed by atoms with E-state index in [0.29, 0.717) is 17.3 Å². The highest BCUT2D eigenvalue weighted by atomic mass is 16.3. The minimum Gasteiger partial charge on any atom is -0.506 e.